The summed E-state index contributed by atoms with van der Waals surface area (Å²) in [6, 6.07) is 77.8. The van der Waals surface area contributed by atoms with Crippen LogP contribution in [-0.2, 0) is 0 Å². The zero-order valence-corrected chi connectivity index (χ0v) is 30.2. The summed E-state index contributed by atoms with van der Waals surface area (Å²) in [4.78, 5) is 2.39. The molecule has 0 amide bonds. The van der Waals surface area contributed by atoms with Gasteiger partial charge in [0.2, 0.25) is 0 Å². The van der Waals surface area contributed by atoms with Crippen molar-refractivity contribution in [3.05, 3.63) is 212 Å². The van der Waals surface area contributed by atoms with Crippen LogP contribution in [0.25, 0.3) is 86.9 Å². The predicted molar refractivity (Wildman–Crippen MR) is 237 cm³/mol. The molecule has 0 aliphatic heterocycles. The molecule has 256 valence electrons. The van der Waals surface area contributed by atoms with Gasteiger partial charge in [0, 0.05) is 17.1 Å². The van der Waals surface area contributed by atoms with Gasteiger partial charge in [0.05, 0.1) is 0 Å². The highest BCUT2D eigenvalue weighted by atomic mass is 15.1. The molecule has 11 aromatic carbocycles. The monoisotopic (exact) mass is 697 g/mol. The highest BCUT2D eigenvalue weighted by Gasteiger charge is 2.17. The summed E-state index contributed by atoms with van der Waals surface area (Å²) in [7, 11) is 0. The minimum atomic E-state index is 1.11. The van der Waals surface area contributed by atoms with Gasteiger partial charge in [0.1, 0.15) is 0 Å². The van der Waals surface area contributed by atoms with Gasteiger partial charge in [0.25, 0.3) is 0 Å². The summed E-state index contributed by atoms with van der Waals surface area (Å²) in [5, 5.41) is 15.3. The molecule has 0 fully saturated rings. The molecule has 0 aliphatic rings. The van der Waals surface area contributed by atoms with Crippen molar-refractivity contribution in [2.75, 3.05) is 4.90 Å². The van der Waals surface area contributed by atoms with Crippen LogP contribution in [0.2, 0.25) is 0 Å². The average molecular weight is 698 g/mol. The Hall–Kier alpha value is -7.22. The molecule has 0 N–H and O–H groups in total. The fraction of sp³-hybridized carbons (Fsp3) is 0. The third-order valence-corrected chi connectivity index (χ3v) is 11.4. The fourth-order valence-corrected chi connectivity index (χ4v) is 8.74. The SMILES string of the molecule is c1ccc(-c2ccc(N(c3ccc(-c4cc5ccccc5c5ccccc45)cc3)c3ccc4c(ccc5ccc6ccc7ccccc7c6c54)c3)cc2)cc1. The smallest absolute Gasteiger partial charge is 0.0468 e. The first kappa shape index (κ1) is 31.3. The number of hydrogen-bond acceptors (Lipinski definition) is 1. The lowest BCUT2D eigenvalue weighted by Gasteiger charge is -2.26. The third-order valence-electron chi connectivity index (χ3n) is 11.4. The molecule has 0 atom stereocenters. The maximum atomic E-state index is 2.39. The standard InChI is InChI=1S/C54H35N/c1-2-10-36(11-3-1)37-24-28-44(29-25-37)55(45-30-26-39(27-31-45)52-35-42-13-5-6-14-47(42)50-16-8-9-17-51(50)52)46-32-33-49-43(34-46)23-22-41-21-20-40-19-18-38-12-4-7-15-48(38)53(40)54(41)49/h1-35H. The van der Waals surface area contributed by atoms with Crippen molar-refractivity contribution in [3.8, 4) is 22.3 Å². The van der Waals surface area contributed by atoms with E-state index in [2.05, 4.69) is 217 Å². The van der Waals surface area contributed by atoms with E-state index in [4.69, 9.17) is 0 Å². The molecule has 0 heterocycles. The number of hydrogen-bond donors (Lipinski definition) is 0. The molecule has 1 heteroatoms. The number of anilines is 3. The maximum absolute atomic E-state index is 2.39. The number of rotatable bonds is 5. The van der Waals surface area contributed by atoms with Gasteiger partial charge in [-0.3, -0.25) is 0 Å². The molecule has 0 aromatic heterocycles. The van der Waals surface area contributed by atoms with Gasteiger partial charge < -0.3 is 4.90 Å². The Kier molecular flexibility index (Phi) is 7.25. The second-order valence-electron chi connectivity index (χ2n) is 14.5. The highest BCUT2D eigenvalue weighted by Crippen LogP contribution is 2.42. The van der Waals surface area contributed by atoms with Crippen LogP contribution in [0.1, 0.15) is 0 Å². The van der Waals surface area contributed by atoms with E-state index in [1.54, 1.807) is 0 Å². The Balaban J connectivity index is 1.08. The molecule has 0 spiro atoms. The van der Waals surface area contributed by atoms with Crippen molar-refractivity contribution in [1.29, 1.82) is 0 Å². The first-order valence-corrected chi connectivity index (χ1v) is 19.0. The lowest BCUT2D eigenvalue weighted by Crippen LogP contribution is -2.09. The molecule has 0 unspecified atom stereocenters. The molecule has 0 radical (unpaired) electrons. The van der Waals surface area contributed by atoms with Gasteiger partial charge >= 0.3 is 0 Å². The first-order valence-electron chi connectivity index (χ1n) is 19.0. The van der Waals surface area contributed by atoms with Crippen LogP contribution in [0.15, 0.2) is 212 Å². The van der Waals surface area contributed by atoms with E-state index < -0.39 is 0 Å². The van der Waals surface area contributed by atoms with Gasteiger partial charge in [-0.15, -0.1) is 0 Å². The summed E-state index contributed by atoms with van der Waals surface area (Å²) < 4.78 is 0. The Morgan fingerprint density at radius 3 is 1.38 bits per heavy atom. The zero-order chi connectivity index (χ0) is 36.3. The highest BCUT2D eigenvalue weighted by molar-refractivity contribution is 6.27. The molecular weight excluding hydrogens is 663 g/mol. The number of fused-ring (bicyclic) bond motifs is 10. The van der Waals surface area contributed by atoms with E-state index in [1.807, 2.05) is 0 Å². The van der Waals surface area contributed by atoms with E-state index in [1.165, 1.54) is 86.9 Å². The van der Waals surface area contributed by atoms with E-state index in [-0.39, 0.29) is 0 Å². The van der Waals surface area contributed by atoms with E-state index >= 15 is 0 Å². The van der Waals surface area contributed by atoms with Crippen molar-refractivity contribution in [3.63, 3.8) is 0 Å². The van der Waals surface area contributed by atoms with Crippen LogP contribution in [0.4, 0.5) is 17.1 Å². The van der Waals surface area contributed by atoms with Gasteiger partial charge in [-0.05, 0) is 129 Å². The van der Waals surface area contributed by atoms with Crippen LogP contribution < -0.4 is 4.90 Å². The first-order chi connectivity index (χ1) is 27.3. The Morgan fingerprint density at radius 2 is 0.691 bits per heavy atom. The van der Waals surface area contributed by atoms with Crippen LogP contribution in [0.3, 0.4) is 0 Å². The molecule has 0 aliphatic carbocycles. The van der Waals surface area contributed by atoms with Crippen molar-refractivity contribution in [1.82, 2.24) is 0 Å². The van der Waals surface area contributed by atoms with Crippen LogP contribution in [0, 0.1) is 0 Å². The molecule has 0 bridgehead atoms. The Morgan fingerprint density at radius 1 is 0.236 bits per heavy atom. The molecular formula is C54H35N. The molecule has 11 rings (SSSR count). The molecule has 0 saturated heterocycles. The van der Waals surface area contributed by atoms with Crippen LogP contribution >= 0.6 is 0 Å². The molecule has 1 nitrogen and oxygen atoms in total. The lowest BCUT2D eigenvalue weighted by atomic mass is 9.92. The predicted octanol–water partition coefficient (Wildman–Crippen LogP) is 15.4. The fourth-order valence-electron chi connectivity index (χ4n) is 8.74. The minimum absolute atomic E-state index is 1.11. The van der Waals surface area contributed by atoms with Crippen LogP contribution in [0.5, 0.6) is 0 Å². The van der Waals surface area contributed by atoms with Crippen molar-refractivity contribution >= 4 is 81.7 Å². The summed E-state index contributed by atoms with van der Waals surface area (Å²) in [5.74, 6) is 0. The van der Waals surface area contributed by atoms with E-state index in [9.17, 15) is 0 Å². The normalized spacial score (nSPS) is 11.6. The van der Waals surface area contributed by atoms with E-state index in [0.717, 1.165) is 17.1 Å². The molecule has 0 saturated carbocycles. The number of nitrogens with zero attached hydrogens (tertiary/aromatic N) is 1. The van der Waals surface area contributed by atoms with Gasteiger partial charge in [-0.25, -0.2) is 0 Å². The second-order valence-corrected chi connectivity index (χ2v) is 14.5. The molecule has 55 heavy (non-hydrogen) atoms. The Labute approximate surface area is 320 Å². The largest absolute Gasteiger partial charge is 0.310 e. The van der Waals surface area contributed by atoms with E-state index in [0.29, 0.717) is 0 Å². The average Bonchev–Trinajstić information content (AvgIpc) is 3.26. The number of benzene rings is 11. The maximum Gasteiger partial charge on any atom is 0.0468 e. The van der Waals surface area contributed by atoms with Crippen molar-refractivity contribution < 1.29 is 0 Å². The summed E-state index contributed by atoms with van der Waals surface area (Å²) in [6.07, 6.45) is 0. The zero-order valence-electron chi connectivity index (χ0n) is 30.2. The Bertz CT molecular complexity index is 3230. The summed E-state index contributed by atoms with van der Waals surface area (Å²) in [6.45, 7) is 0. The van der Waals surface area contributed by atoms with Crippen molar-refractivity contribution in [2.45, 2.75) is 0 Å². The van der Waals surface area contributed by atoms with Gasteiger partial charge in [-0.2, -0.15) is 0 Å². The minimum Gasteiger partial charge on any atom is -0.310 e. The van der Waals surface area contributed by atoms with Crippen LogP contribution in [-0.4, -0.2) is 0 Å². The van der Waals surface area contributed by atoms with Crippen molar-refractivity contribution in [2.24, 2.45) is 0 Å². The summed E-state index contributed by atoms with van der Waals surface area (Å²) in [5.41, 5.74) is 8.20. The third kappa shape index (κ3) is 5.24. The van der Waals surface area contributed by atoms with Gasteiger partial charge in [0.15, 0.2) is 0 Å². The topological polar surface area (TPSA) is 3.24 Å². The molecule has 11 aromatic rings. The quantitative estimate of drug-likeness (QED) is 0.162. The van der Waals surface area contributed by atoms with Gasteiger partial charge in [-0.1, -0.05) is 170 Å². The summed E-state index contributed by atoms with van der Waals surface area (Å²) >= 11 is 0. The second kappa shape index (κ2) is 12.7. The lowest BCUT2D eigenvalue weighted by molar-refractivity contribution is 1.29.